The normalized spacial score (nSPS) is 11.3. The van der Waals surface area contributed by atoms with Crippen molar-refractivity contribution in [2.75, 3.05) is 20.8 Å². The van der Waals surface area contributed by atoms with Gasteiger partial charge in [-0.2, -0.15) is 18.3 Å². The predicted octanol–water partition coefficient (Wildman–Crippen LogP) is 2.92. The van der Waals surface area contributed by atoms with E-state index in [1.807, 2.05) is 11.5 Å². The molecule has 0 heterocycles. The summed E-state index contributed by atoms with van der Waals surface area (Å²) in [5, 5.41) is 6.09. The van der Waals surface area contributed by atoms with Crippen molar-refractivity contribution in [3.8, 4) is 11.5 Å². The van der Waals surface area contributed by atoms with Gasteiger partial charge in [-0.1, -0.05) is 24.3 Å². The highest BCUT2D eigenvalue weighted by atomic mass is 19.4. The minimum Gasteiger partial charge on any atom is -0.493 e. The Bertz CT molecular complexity index is 946. The number of hydrogen-bond donors (Lipinski definition) is 2. The van der Waals surface area contributed by atoms with Gasteiger partial charge < -0.3 is 14.8 Å². The molecule has 0 unspecified atom stereocenters. The molecule has 0 fully saturated rings. The van der Waals surface area contributed by atoms with Gasteiger partial charge in [0.25, 0.3) is 0 Å². The van der Waals surface area contributed by atoms with Crippen molar-refractivity contribution in [2.24, 2.45) is 5.10 Å². The van der Waals surface area contributed by atoms with Gasteiger partial charge in [0.05, 0.1) is 26.0 Å². The summed E-state index contributed by atoms with van der Waals surface area (Å²) in [6.07, 6.45) is -3.67. The van der Waals surface area contributed by atoms with Gasteiger partial charge in [0.2, 0.25) is 11.8 Å². The van der Waals surface area contributed by atoms with Crippen molar-refractivity contribution in [3.05, 3.63) is 59.2 Å². The van der Waals surface area contributed by atoms with Crippen LogP contribution in [0.15, 0.2) is 47.6 Å². The number of nitrogens with zero attached hydrogens (tertiary/aromatic N) is 1. The Kier molecular flexibility index (Phi) is 8.42. The van der Waals surface area contributed by atoms with Crippen molar-refractivity contribution in [1.29, 1.82) is 0 Å². The highest BCUT2D eigenvalue weighted by Gasteiger charge is 2.32. The third-order valence-electron chi connectivity index (χ3n) is 4.16. The van der Waals surface area contributed by atoms with Crippen molar-refractivity contribution < 1.29 is 32.2 Å². The van der Waals surface area contributed by atoms with Crippen LogP contribution in [0.3, 0.4) is 0 Å². The molecule has 0 saturated heterocycles. The molecule has 0 spiro atoms. The molecule has 0 radical (unpaired) electrons. The van der Waals surface area contributed by atoms with E-state index in [0.29, 0.717) is 17.9 Å². The Balaban J connectivity index is 1.79. The number of nitrogens with one attached hydrogen (secondary N) is 2. The molecule has 166 valence electrons. The summed E-state index contributed by atoms with van der Waals surface area (Å²) in [4.78, 5) is 23.6. The van der Waals surface area contributed by atoms with Crippen LogP contribution in [0, 0.1) is 0 Å². The first-order valence-corrected chi connectivity index (χ1v) is 9.20. The second-order valence-electron chi connectivity index (χ2n) is 6.34. The molecule has 2 rings (SSSR count). The Morgan fingerprint density at radius 2 is 1.74 bits per heavy atom. The highest BCUT2D eigenvalue weighted by Crippen LogP contribution is 2.31. The van der Waals surface area contributed by atoms with Crippen LogP contribution in [0.1, 0.15) is 23.1 Å². The van der Waals surface area contributed by atoms with E-state index in [2.05, 4.69) is 10.4 Å². The van der Waals surface area contributed by atoms with Crippen LogP contribution in [-0.2, 0) is 22.2 Å². The molecular formula is C21H22F3N3O4. The van der Waals surface area contributed by atoms with Crippen LogP contribution >= 0.6 is 0 Å². The number of ether oxygens (including phenoxy) is 2. The number of carbonyl (C=O) groups is 2. The molecule has 2 N–H and O–H groups in total. The van der Waals surface area contributed by atoms with Crippen molar-refractivity contribution in [1.82, 2.24) is 10.7 Å². The van der Waals surface area contributed by atoms with E-state index < -0.39 is 30.0 Å². The molecule has 10 heteroatoms. The van der Waals surface area contributed by atoms with Gasteiger partial charge in [0.15, 0.2) is 11.5 Å². The Labute approximate surface area is 177 Å². The standard InChI is InChI=1S/C21H22F3N3O4/c1-30-17-8-7-14(11-18(17)31-2)9-10-25-19(28)12-20(29)27-26-13-15-5-3-4-6-16(15)21(22,23)24/h3-8,11,13H,9-10,12H2,1-2H3,(H,25,28)(H,27,29). The highest BCUT2D eigenvalue weighted by molar-refractivity contribution is 5.97. The van der Waals surface area contributed by atoms with E-state index in [4.69, 9.17) is 9.47 Å². The zero-order valence-electron chi connectivity index (χ0n) is 17.0. The quantitative estimate of drug-likeness (QED) is 0.359. The van der Waals surface area contributed by atoms with Crippen LogP contribution in [-0.4, -0.2) is 38.8 Å². The first kappa shape index (κ1) is 23.7. The number of methoxy groups -OCH3 is 2. The van der Waals surface area contributed by atoms with Gasteiger partial charge in [-0.05, 0) is 30.2 Å². The maximum atomic E-state index is 12.9. The minimum absolute atomic E-state index is 0.199. The molecule has 2 amide bonds. The lowest BCUT2D eigenvalue weighted by Crippen LogP contribution is -2.31. The molecule has 7 nitrogen and oxygen atoms in total. The van der Waals surface area contributed by atoms with E-state index in [1.54, 1.807) is 12.1 Å². The van der Waals surface area contributed by atoms with Crippen LogP contribution in [0.25, 0.3) is 0 Å². The zero-order chi connectivity index (χ0) is 22.9. The zero-order valence-corrected chi connectivity index (χ0v) is 17.0. The lowest BCUT2D eigenvalue weighted by Gasteiger charge is -2.10. The minimum atomic E-state index is -4.54. The maximum Gasteiger partial charge on any atom is 0.417 e. The first-order valence-electron chi connectivity index (χ1n) is 9.20. The van der Waals surface area contributed by atoms with Gasteiger partial charge in [-0.3, -0.25) is 9.59 Å². The summed E-state index contributed by atoms with van der Waals surface area (Å²) < 4.78 is 49.1. The number of benzene rings is 2. The summed E-state index contributed by atoms with van der Waals surface area (Å²) in [6.45, 7) is 0.282. The maximum absolute atomic E-state index is 12.9. The van der Waals surface area contributed by atoms with Gasteiger partial charge >= 0.3 is 6.18 Å². The van der Waals surface area contributed by atoms with Gasteiger partial charge in [0, 0.05) is 12.1 Å². The lowest BCUT2D eigenvalue weighted by molar-refractivity contribution is -0.137. The molecular weight excluding hydrogens is 415 g/mol. The van der Waals surface area contributed by atoms with Crippen LogP contribution in [0.4, 0.5) is 13.2 Å². The van der Waals surface area contributed by atoms with E-state index in [-0.39, 0.29) is 12.1 Å². The van der Waals surface area contributed by atoms with E-state index in [0.717, 1.165) is 17.8 Å². The molecule has 0 aromatic heterocycles. The van der Waals surface area contributed by atoms with Crippen LogP contribution in [0.2, 0.25) is 0 Å². The smallest absolute Gasteiger partial charge is 0.417 e. The second kappa shape index (κ2) is 11.0. The average Bonchev–Trinajstić information content (AvgIpc) is 2.73. The van der Waals surface area contributed by atoms with Gasteiger partial charge in [-0.15, -0.1) is 0 Å². The molecule has 0 aliphatic carbocycles. The fraction of sp³-hybridized carbons (Fsp3) is 0.286. The number of carbonyl (C=O) groups excluding carboxylic acids is 2. The molecule has 31 heavy (non-hydrogen) atoms. The Morgan fingerprint density at radius 3 is 2.42 bits per heavy atom. The number of halogens is 3. The predicted molar refractivity (Wildman–Crippen MR) is 108 cm³/mol. The van der Waals surface area contributed by atoms with Crippen LogP contribution < -0.4 is 20.2 Å². The summed E-state index contributed by atoms with van der Waals surface area (Å²) >= 11 is 0. The van der Waals surface area contributed by atoms with Crippen LogP contribution in [0.5, 0.6) is 11.5 Å². The largest absolute Gasteiger partial charge is 0.493 e. The number of amides is 2. The number of hydrogen-bond acceptors (Lipinski definition) is 5. The molecule has 0 saturated carbocycles. The monoisotopic (exact) mass is 437 g/mol. The van der Waals surface area contributed by atoms with Crippen molar-refractivity contribution in [2.45, 2.75) is 19.0 Å². The lowest BCUT2D eigenvalue weighted by atomic mass is 10.1. The molecule has 2 aromatic carbocycles. The molecule has 0 bridgehead atoms. The van der Waals surface area contributed by atoms with Crippen molar-refractivity contribution >= 4 is 18.0 Å². The summed E-state index contributed by atoms with van der Waals surface area (Å²) in [5.41, 5.74) is 1.87. The average molecular weight is 437 g/mol. The van der Waals surface area contributed by atoms with E-state index >= 15 is 0 Å². The second-order valence-corrected chi connectivity index (χ2v) is 6.34. The number of hydrazone groups is 1. The summed E-state index contributed by atoms with van der Waals surface area (Å²) in [7, 11) is 3.05. The van der Waals surface area contributed by atoms with E-state index in [1.165, 1.54) is 32.4 Å². The summed E-state index contributed by atoms with van der Waals surface area (Å²) in [6, 6.07) is 10.2. The van der Waals surface area contributed by atoms with Gasteiger partial charge in [-0.25, -0.2) is 5.43 Å². The molecule has 0 aliphatic heterocycles. The third-order valence-corrected chi connectivity index (χ3v) is 4.16. The molecule has 2 aromatic rings. The SMILES string of the molecule is COc1ccc(CCNC(=O)CC(=O)NN=Cc2ccccc2C(F)(F)F)cc1OC. The van der Waals surface area contributed by atoms with Crippen molar-refractivity contribution in [3.63, 3.8) is 0 Å². The topological polar surface area (TPSA) is 89.0 Å². The fourth-order valence-corrected chi connectivity index (χ4v) is 2.67. The van der Waals surface area contributed by atoms with E-state index in [9.17, 15) is 22.8 Å². The molecule has 0 aliphatic rings. The molecule has 0 atom stereocenters. The third kappa shape index (κ3) is 7.32. The van der Waals surface area contributed by atoms with Gasteiger partial charge in [0.1, 0.15) is 6.42 Å². The number of rotatable bonds is 9. The Morgan fingerprint density at radius 1 is 1.03 bits per heavy atom. The Hall–Kier alpha value is -3.56. The fourth-order valence-electron chi connectivity index (χ4n) is 2.67. The number of alkyl halides is 3. The first-order chi connectivity index (χ1) is 14.7. The summed E-state index contributed by atoms with van der Waals surface area (Å²) in [5.74, 6) is -0.130.